The Balaban J connectivity index is 0.00000117. The zero-order valence-corrected chi connectivity index (χ0v) is 19.4. The lowest BCUT2D eigenvalue weighted by Crippen LogP contribution is -2.43. The Labute approximate surface area is 189 Å². The highest BCUT2D eigenvalue weighted by atomic mass is 79.9. The molecule has 0 aromatic heterocycles. The number of esters is 1. The fraction of sp³-hybridized carbons (Fsp3) is 0.409. The van der Waals surface area contributed by atoms with Crippen molar-refractivity contribution in [3.8, 4) is 0 Å². The van der Waals surface area contributed by atoms with Gasteiger partial charge in [0.1, 0.15) is 6.10 Å². The molecule has 0 spiro atoms. The lowest BCUT2D eigenvalue weighted by molar-refractivity contribution is -0.169. The molecule has 2 aliphatic heterocycles. The minimum Gasteiger partial charge on any atom is -0.458 e. The van der Waals surface area contributed by atoms with Gasteiger partial charge in [0.2, 0.25) is 5.60 Å². The SMILES string of the molecule is CBr.CN1C2CCC1C(OC(=O)C(O)(c1ccc(Cl)cc1)c1ccc(Cl)cc1)C2. The maximum absolute atomic E-state index is 13.2. The van der Waals surface area contributed by atoms with Crippen LogP contribution in [-0.4, -0.2) is 47.0 Å². The van der Waals surface area contributed by atoms with E-state index < -0.39 is 11.6 Å². The summed E-state index contributed by atoms with van der Waals surface area (Å²) in [4.78, 5) is 15.5. The number of nitrogens with zero attached hydrogens (tertiary/aromatic N) is 1. The molecule has 7 heteroatoms. The topological polar surface area (TPSA) is 49.8 Å². The number of ether oxygens (including phenoxy) is 1. The summed E-state index contributed by atoms with van der Waals surface area (Å²) >= 11 is 14.9. The Morgan fingerprint density at radius 1 is 1.03 bits per heavy atom. The van der Waals surface area contributed by atoms with Crippen LogP contribution in [0.5, 0.6) is 0 Å². The molecule has 2 bridgehead atoms. The van der Waals surface area contributed by atoms with E-state index in [-0.39, 0.29) is 12.1 Å². The van der Waals surface area contributed by atoms with Crippen molar-refractivity contribution >= 4 is 45.1 Å². The molecular weight excluding hydrogens is 477 g/mol. The van der Waals surface area contributed by atoms with E-state index in [4.69, 9.17) is 27.9 Å². The van der Waals surface area contributed by atoms with Crippen LogP contribution < -0.4 is 0 Å². The molecule has 29 heavy (non-hydrogen) atoms. The predicted octanol–water partition coefficient (Wildman–Crippen LogP) is 5.02. The third kappa shape index (κ3) is 4.35. The summed E-state index contributed by atoms with van der Waals surface area (Å²) in [5.41, 5.74) is -1.10. The molecule has 0 aliphatic carbocycles. The smallest absolute Gasteiger partial charge is 0.348 e. The number of rotatable bonds is 4. The van der Waals surface area contributed by atoms with E-state index in [0.29, 0.717) is 27.2 Å². The first-order valence-corrected chi connectivity index (χ1v) is 11.8. The Kier molecular flexibility index (Phi) is 7.28. The first-order valence-electron chi connectivity index (χ1n) is 9.45. The van der Waals surface area contributed by atoms with Gasteiger partial charge in [-0.2, -0.15) is 0 Å². The standard InChI is InChI=1S/C21H21Cl2NO3.CH3Br/c1-24-17-10-11-18(24)19(12-17)27-20(25)21(26,13-2-6-15(22)7-3-13)14-4-8-16(23)9-5-14;1-2/h2-9,17-19,26H,10-12H2,1H3;1H3. The zero-order valence-electron chi connectivity index (χ0n) is 16.3. The lowest BCUT2D eigenvalue weighted by Gasteiger charge is -2.30. The Morgan fingerprint density at radius 3 is 1.90 bits per heavy atom. The number of hydrogen-bond donors (Lipinski definition) is 1. The molecule has 0 saturated carbocycles. The van der Waals surface area contributed by atoms with Crippen molar-refractivity contribution in [3.63, 3.8) is 0 Å². The van der Waals surface area contributed by atoms with Gasteiger partial charge in [-0.15, -0.1) is 0 Å². The average Bonchev–Trinajstić information content (AvgIpc) is 3.24. The molecule has 2 aliphatic rings. The maximum Gasteiger partial charge on any atom is 0.348 e. The van der Waals surface area contributed by atoms with E-state index in [1.807, 2.05) is 5.83 Å². The molecule has 3 atom stereocenters. The molecule has 2 aromatic carbocycles. The molecule has 0 radical (unpaired) electrons. The van der Waals surface area contributed by atoms with E-state index in [9.17, 15) is 9.90 Å². The molecular formula is C22H24BrCl2NO3. The van der Waals surface area contributed by atoms with Gasteiger partial charge in [-0.25, -0.2) is 4.79 Å². The molecule has 0 amide bonds. The Bertz CT molecular complexity index is 799. The second-order valence-electron chi connectivity index (χ2n) is 7.37. The van der Waals surface area contributed by atoms with Gasteiger partial charge in [-0.1, -0.05) is 63.4 Å². The summed E-state index contributed by atoms with van der Waals surface area (Å²) in [5, 5.41) is 12.6. The summed E-state index contributed by atoms with van der Waals surface area (Å²) < 4.78 is 5.85. The van der Waals surface area contributed by atoms with Crippen LogP contribution >= 0.6 is 39.1 Å². The van der Waals surface area contributed by atoms with Gasteiger partial charge >= 0.3 is 5.97 Å². The van der Waals surface area contributed by atoms with Crippen LogP contribution in [0.15, 0.2) is 48.5 Å². The number of benzene rings is 2. The number of fused-ring (bicyclic) bond motifs is 2. The first-order chi connectivity index (χ1) is 13.9. The van der Waals surface area contributed by atoms with Crippen LogP contribution in [0.3, 0.4) is 0 Å². The maximum atomic E-state index is 13.2. The molecule has 2 heterocycles. The third-order valence-corrected chi connectivity index (χ3v) is 6.41. The van der Waals surface area contributed by atoms with Gasteiger partial charge in [0.15, 0.2) is 0 Å². The van der Waals surface area contributed by atoms with Crippen molar-refractivity contribution < 1.29 is 14.6 Å². The minimum absolute atomic E-state index is 0.202. The fourth-order valence-corrected chi connectivity index (χ4v) is 4.58. The van der Waals surface area contributed by atoms with E-state index in [1.165, 1.54) is 0 Å². The molecule has 2 saturated heterocycles. The van der Waals surface area contributed by atoms with Gasteiger partial charge in [-0.05, 0) is 61.1 Å². The number of aliphatic hydroxyl groups is 1. The molecule has 4 nitrogen and oxygen atoms in total. The number of halogens is 3. The molecule has 1 N–H and O–H groups in total. The number of carbonyl (C=O) groups is 1. The molecule has 2 aromatic rings. The van der Waals surface area contributed by atoms with Crippen molar-refractivity contribution in [1.29, 1.82) is 0 Å². The highest BCUT2D eigenvalue weighted by molar-refractivity contribution is 9.08. The van der Waals surface area contributed by atoms with Gasteiger partial charge in [0, 0.05) is 28.5 Å². The quantitative estimate of drug-likeness (QED) is 0.473. The van der Waals surface area contributed by atoms with Crippen molar-refractivity contribution in [2.45, 2.75) is 43.1 Å². The average molecular weight is 501 g/mol. The Hall–Kier alpha value is -1.11. The lowest BCUT2D eigenvalue weighted by atomic mass is 9.86. The molecule has 4 rings (SSSR count). The third-order valence-electron chi connectivity index (χ3n) is 5.91. The van der Waals surface area contributed by atoms with Crippen molar-refractivity contribution in [1.82, 2.24) is 4.90 Å². The second kappa shape index (κ2) is 9.36. The summed E-state index contributed by atoms with van der Waals surface area (Å²) in [7, 11) is 2.07. The van der Waals surface area contributed by atoms with Crippen molar-refractivity contribution in [3.05, 3.63) is 69.7 Å². The van der Waals surface area contributed by atoms with Gasteiger partial charge in [0.25, 0.3) is 0 Å². The Morgan fingerprint density at radius 2 is 1.52 bits per heavy atom. The van der Waals surface area contributed by atoms with Gasteiger partial charge in [0.05, 0.1) is 0 Å². The number of alkyl halides is 1. The normalized spacial score (nSPS) is 23.4. The zero-order chi connectivity index (χ0) is 21.2. The summed E-state index contributed by atoms with van der Waals surface area (Å²) in [5.74, 6) is 1.14. The van der Waals surface area contributed by atoms with E-state index in [1.54, 1.807) is 48.5 Å². The van der Waals surface area contributed by atoms with Gasteiger partial charge in [-0.3, -0.25) is 4.90 Å². The van der Waals surface area contributed by atoms with E-state index >= 15 is 0 Å². The molecule has 2 fully saturated rings. The fourth-order valence-electron chi connectivity index (χ4n) is 4.33. The molecule has 156 valence electrons. The first kappa shape index (κ1) is 22.6. The van der Waals surface area contributed by atoms with E-state index in [0.717, 1.165) is 19.3 Å². The predicted molar refractivity (Wildman–Crippen MR) is 120 cm³/mol. The van der Waals surface area contributed by atoms with Crippen LogP contribution in [-0.2, 0) is 15.1 Å². The highest BCUT2D eigenvalue weighted by Gasteiger charge is 2.49. The second-order valence-corrected chi connectivity index (χ2v) is 8.24. The summed E-state index contributed by atoms with van der Waals surface area (Å²) in [6.07, 6.45) is 2.75. The van der Waals surface area contributed by atoms with Crippen molar-refractivity contribution in [2.24, 2.45) is 0 Å². The van der Waals surface area contributed by atoms with E-state index in [2.05, 4.69) is 27.9 Å². The monoisotopic (exact) mass is 499 g/mol. The van der Waals surface area contributed by atoms with Crippen LogP contribution in [0.4, 0.5) is 0 Å². The van der Waals surface area contributed by atoms with Crippen molar-refractivity contribution in [2.75, 3.05) is 12.9 Å². The summed E-state index contributed by atoms with van der Waals surface area (Å²) in [6.45, 7) is 0. The minimum atomic E-state index is -1.92. The number of hydrogen-bond acceptors (Lipinski definition) is 4. The molecule has 3 unspecified atom stereocenters. The van der Waals surface area contributed by atoms with Crippen LogP contribution in [0.2, 0.25) is 10.0 Å². The van der Waals surface area contributed by atoms with Gasteiger partial charge < -0.3 is 9.84 Å². The highest BCUT2D eigenvalue weighted by Crippen LogP contribution is 2.40. The largest absolute Gasteiger partial charge is 0.458 e. The number of carbonyl (C=O) groups excluding carboxylic acids is 1. The van der Waals surface area contributed by atoms with Crippen LogP contribution in [0.1, 0.15) is 30.4 Å². The van der Waals surface area contributed by atoms with Crippen LogP contribution in [0, 0.1) is 0 Å². The summed E-state index contributed by atoms with van der Waals surface area (Å²) in [6, 6.07) is 13.8. The number of likely N-dealkylation sites (N-methyl/N-ethyl adjacent to an activating group) is 1. The van der Waals surface area contributed by atoms with Crippen LogP contribution in [0.25, 0.3) is 0 Å².